The molecule has 0 aromatic carbocycles. The number of morpholine rings is 1. The fourth-order valence-corrected chi connectivity index (χ4v) is 2.99. The third-order valence-electron chi connectivity index (χ3n) is 4.14. The average Bonchev–Trinajstić information content (AvgIpc) is 2.38. The van der Waals surface area contributed by atoms with Gasteiger partial charge in [-0.1, -0.05) is 6.92 Å². The number of ether oxygens (including phenoxy) is 2. The summed E-state index contributed by atoms with van der Waals surface area (Å²) in [7, 11) is 1.79. The van der Waals surface area contributed by atoms with Crippen LogP contribution < -0.4 is 0 Å². The van der Waals surface area contributed by atoms with Crippen molar-refractivity contribution >= 4 is 0 Å². The topological polar surface area (TPSA) is 41.9 Å². The van der Waals surface area contributed by atoms with E-state index in [2.05, 4.69) is 4.90 Å². The highest BCUT2D eigenvalue weighted by Gasteiger charge is 2.38. The molecule has 0 aromatic heterocycles. The monoisotopic (exact) mass is 243 g/mol. The Morgan fingerprint density at radius 3 is 3.00 bits per heavy atom. The summed E-state index contributed by atoms with van der Waals surface area (Å²) < 4.78 is 11.3. The maximum atomic E-state index is 9.81. The van der Waals surface area contributed by atoms with Crippen LogP contribution in [0.5, 0.6) is 0 Å². The molecule has 1 aliphatic heterocycles. The third-order valence-corrected chi connectivity index (χ3v) is 4.14. The van der Waals surface area contributed by atoms with E-state index in [0.717, 1.165) is 45.4 Å². The molecule has 1 saturated carbocycles. The van der Waals surface area contributed by atoms with Crippen LogP contribution in [0.2, 0.25) is 0 Å². The first-order valence-electron chi connectivity index (χ1n) is 6.81. The molecule has 1 saturated heterocycles. The summed E-state index contributed by atoms with van der Waals surface area (Å²) in [5.41, 5.74) is 0. The molecule has 100 valence electrons. The minimum absolute atomic E-state index is 0.211. The molecule has 1 N–H and O–H groups in total. The van der Waals surface area contributed by atoms with Crippen LogP contribution in [-0.4, -0.2) is 61.2 Å². The second-order valence-corrected chi connectivity index (χ2v) is 5.20. The molecule has 4 nitrogen and oxygen atoms in total. The number of methoxy groups -OCH3 is 1. The van der Waals surface area contributed by atoms with Gasteiger partial charge in [0, 0.05) is 26.2 Å². The summed E-state index contributed by atoms with van der Waals surface area (Å²) in [6.45, 7) is 4.54. The van der Waals surface area contributed by atoms with Crippen molar-refractivity contribution in [2.45, 2.75) is 57.0 Å². The van der Waals surface area contributed by atoms with Crippen LogP contribution in [0.4, 0.5) is 0 Å². The number of β-amino-alcohol motifs (C(OH)–C–C–N with tert-alkyl or cyclic N) is 1. The van der Waals surface area contributed by atoms with Gasteiger partial charge in [-0.05, 0) is 25.7 Å². The van der Waals surface area contributed by atoms with Crippen LogP contribution in [-0.2, 0) is 9.47 Å². The Kier molecular flexibility index (Phi) is 4.79. The first-order valence-corrected chi connectivity index (χ1v) is 6.81. The van der Waals surface area contributed by atoms with Crippen LogP contribution in [0.25, 0.3) is 0 Å². The van der Waals surface area contributed by atoms with E-state index in [1.54, 1.807) is 7.11 Å². The SMILES string of the molecule is CCC(O)CN1CCOC2CCC(OC)CC21. The fourth-order valence-electron chi connectivity index (χ4n) is 2.99. The zero-order valence-electron chi connectivity index (χ0n) is 11.0. The van der Waals surface area contributed by atoms with Crippen LogP contribution in [0.3, 0.4) is 0 Å². The zero-order chi connectivity index (χ0) is 12.3. The van der Waals surface area contributed by atoms with Crippen molar-refractivity contribution in [3.63, 3.8) is 0 Å². The summed E-state index contributed by atoms with van der Waals surface area (Å²) >= 11 is 0. The largest absolute Gasteiger partial charge is 0.392 e. The molecule has 0 bridgehead atoms. The number of nitrogens with zero attached hydrogens (tertiary/aromatic N) is 1. The lowest BCUT2D eigenvalue weighted by atomic mass is 9.87. The Morgan fingerprint density at radius 2 is 2.29 bits per heavy atom. The van der Waals surface area contributed by atoms with Gasteiger partial charge in [0.2, 0.25) is 0 Å². The Labute approximate surface area is 104 Å². The standard InChI is InChI=1S/C13H25NO3/c1-3-10(15)9-14-6-7-17-13-5-4-11(16-2)8-12(13)14/h10-13,15H,3-9H2,1-2H3. The quantitative estimate of drug-likeness (QED) is 0.800. The van der Waals surface area contributed by atoms with E-state index in [1.165, 1.54) is 0 Å². The predicted molar refractivity (Wildman–Crippen MR) is 66.0 cm³/mol. The van der Waals surface area contributed by atoms with Gasteiger partial charge >= 0.3 is 0 Å². The zero-order valence-corrected chi connectivity index (χ0v) is 11.0. The maximum absolute atomic E-state index is 9.81. The molecule has 4 heteroatoms. The minimum atomic E-state index is -0.211. The van der Waals surface area contributed by atoms with Gasteiger partial charge in [0.05, 0.1) is 24.9 Å². The number of aliphatic hydroxyl groups is 1. The number of fused-ring (bicyclic) bond motifs is 1. The maximum Gasteiger partial charge on any atom is 0.0732 e. The van der Waals surface area contributed by atoms with Crippen molar-refractivity contribution in [2.75, 3.05) is 26.8 Å². The second-order valence-electron chi connectivity index (χ2n) is 5.20. The van der Waals surface area contributed by atoms with Crippen molar-refractivity contribution in [1.29, 1.82) is 0 Å². The summed E-state index contributed by atoms with van der Waals surface area (Å²) in [4.78, 5) is 2.40. The van der Waals surface area contributed by atoms with Crippen LogP contribution in [0.1, 0.15) is 32.6 Å². The molecule has 0 aromatic rings. The molecular formula is C13H25NO3. The molecule has 4 atom stereocenters. The highest BCUT2D eigenvalue weighted by Crippen LogP contribution is 2.30. The lowest BCUT2D eigenvalue weighted by molar-refractivity contribution is -0.120. The second kappa shape index (κ2) is 6.14. The van der Waals surface area contributed by atoms with Crippen LogP contribution in [0, 0.1) is 0 Å². The van der Waals surface area contributed by atoms with Gasteiger partial charge < -0.3 is 14.6 Å². The molecular weight excluding hydrogens is 218 g/mol. The molecule has 4 unspecified atom stereocenters. The summed E-state index contributed by atoms with van der Waals surface area (Å²) in [5.74, 6) is 0. The lowest BCUT2D eigenvalue weighted by Crippen LogP contribution is -2.56. The summed E-state index contributed by atoms with van der Waals surface area (Å²) in [6, 6.07) is 0.434. The van der Waals surface area contributed by atoms with Crippen molar-refractivity contribution in [2.24, 2.45) is 0 Å². The van der Waals surface area contributed by atoms with Crippen molar-refractivity contribution in [1.82, 2.24) is 4.90 Å². The van der Waals surface area contributed by atoms with E-state index in [-0.39, 0.29) is 6.10 Å². The first kappa shape index (κ1) is 13.3. The predicted octanol–water partition coefficient (Wildman–Crippen LogP) is 1.03. The Morgan fingerprint density at radius 1 is 1.47 bits per heavy atom. The van der Waals surface area contributed by atoms with E-state index in [4.69, 9.17) is 9.47 Å². The molecule has 1 aliphatic carbocycles. The number of hydrogen-bond acceptors (Lipinski definition) is 4. The third kappa shape index (κ3) is 3.19. The van der Waals surface area contributed by atoms with E-state index in [9.17, 15) is 5.11 Å². The molecule has 2 fully saturated rings. The Bertz CT molecular complexity index is 237. The smallest absolute Gasteiger partial charge is 0.0732 e. The normalized spacial score (nSPS) is 36.5. The molecule has 2 rings (SSSR count). The molecule has 1 heterocycles. The van der Waals surface area contributed by atoms with Gasteiger partial charge in [-0.3, -0.25) is 4.90 Å². The number of aliphatic hydroxyl groups excluding tert-OH is 1. The highest BCUT2D eigenvalue weighted by atomic mass is 16.5. The van der Waals surface area contributed by atoms with Gasteiger partial charge in [-0.25, -0.2) is 0 Å². The Hall–Kier alpha value is -0.160. The molecule has 17 heavy (non-hydrogen) atoms. The van der Waals surface area contributed by atoms with Gasteiger partial charge in [0.15, 0.2) is 0 Å². The van der Waals surface area contributed by atoms with E-state index < -0.39 is 0 Å². The van der Waals surface area contributed by atoms with Crippen molar-refractivity contribution in [3.8, 4) is 0 Å². The van der Waals surface area contributed by atoms with Crippen LogP contribution in [0.15, 0.2) is 0 Å². The minimum Gasteiger partial charge on any atom is -0.392 e. The summed E-state index contributed by atoms with van der Waals surface area (Å²) in [5, 5.41) is 9.81. The van der Waals surface area contributed by atoms with Gasteiger partial charge in [0.1, 0.15) is 0 Å². The molecule has 0 spiro atoms. The highest BCUT2D eigenvalue weighted by molar-refractivity contribution is 4.91. The molecule has 2 aliphatic rings. The fraction of sp³-hybridized carbons (Fsp3) is 1.00. The van der Waals surface area contributed by atoms with E-state index in [0.29, 0.717) is 18.2 Å². The Balaban J connectivity index is 1.95. The van der Waals surface area contributed by atoms with E-state index >= 15 is 0 Å². The molecule has 0 amide bonds. The van der Waals surface area contributed by atoms with Gasteiger partial charge in [-0.15, -0.1) is 0 Å². The number of hydrogen-bond donors (Lipinski definition) is 1. The number of rotatable bonds is 4. The first-order chi connectivity index (χ1) is 8.24. The van der Waals surface area contributed by atoms with E-state index in [1.807, 2.05) is 6.92 Å². The molecule has 0 radical (unpaired) electrons. The van der Waals surface area contributed by atoms with Crippen molar-refractivity contribution in [3.05, 3.63) is 0 Å². The lowest BCUT2D eigenvalue weighted by Gasteiger charge is -2.46. The average molecular weight is 243 g/mol. The summed E-state index contributed by atoms with van der Waals surface area (Å²) in [6.07, 6.45) is 4.54. The van der Waals surface area contributed by atoms with Gasteiger partial charge in [-0.2, -0.15) is 0 Å². The van der Waals surface area contributed by atoms with Crippen LogP contribution >= 0.6 is 0 Å². The van der Waals surface area contributed by atoms with Gasteiger partial charge in [0.25, 0.3) is 0 Å². The van der Waals surface area contributed by atoms with Crippen molar-refractivity contribution < 1.29 is 14.6 Å².